The Labute approximate surface area is 136 Å². The molecule has 5 nitrogen and oxygen atoms in total. The largest absolute Gasteiger partial charge is 0.376 e. The normalized spacial score (nSPS) is 21.3. The summed E-state index contributed by atoms with van der Waals surface area (Å²) in [4.78, 5) is 24.7. The summed E-state index contributed by atoms with van der Waals surface area (Å²) in [7, 11) is 0. The van der Waals surface area contributed by atoms with Crippen molar-refractivity contribution in [2.24, 2.45) is 5.92 Å². The van der Waals surface area contributed by atoms with Gasteiger partial charge < -0.3 is 15.4 Å². The number of ether oxygens (including phenoxy) is 1. The molecule has 23 heavy (non-hydrogen) atoms. The third-order valence-corrected chi connectivity index (χ3v) is 4.67. The Morgan fingerprint density at radius 3 is 2.61 bits per heavy atom. The fourth-order valence-electron chi connectivity index (χ4n) is 3.32. The molecule has 1 saturated heterocycles. The first-order valence-corrected chi connectivity index (χ1v) is 8.54. The van der Waals surface area contributed by atoms with E-state index in [1.165, 1.54) is 0 Å². The van der Waals surface area contributed by atoms with Crippen LogP contribution in [-0.2, 0) is 9.53 Å². The molecule has 1 heterocycles. The average Bonchev–Trinajstić information content (AvgIpc) is 3.26. The molecule has 0 radical (unpaired) electrons. The Morgan fingerprint density at radius 2 is 1.87 bits per heavy atom. The highest BCUT2D eigenvalue weighted by Gasteiger charge is 2.24. The van der Waals surface area contributed by atoms with Gasteiger partial charge in [0.1, 0.15) is 0 Å². The topological polar surface area (TPSA) is 67.4 Å². The van der Waals surface area contributed by atoms with Gasteiger partial charge in [-0.1, -0.05) is 25.0 Å². The highest BCUT2D eigenvalue weighted by atomic mass is 16.5. The minimum atomic E-state index is -0.164. The van der Waals surface area contributed by atoms with Crippen molar-refractivity contribution < 1.29 is 14.3 Å². The van der Waals surface area contributed by atoms with Crippen molar-refractivity contribution in [3.05, 3.63) is 29.8 Å². The molecule has 0 spiro atoms. The summed E-state index contributed by atoms with van der Waals surface area (Å²) < 4.78 is 5.52. The molecular weight excluding hydrogens is 292 g/mol. The van der Waals surface area contributed by atoms with Crippen LogP contribution in [0.15, 0.2) is 24.3 Å². The van der Waals surface area contributed by atoms with Crippen LogP contribution in [0.3, 0.4) is 0 Å². The summed E-state index contributed by atoms with van der Waals surface area (Å²) >= 11 is 0. The van der Waals surface area contributed by atoms with E-state index in [0.717, 1.165) is 45.1 Å². The Kier molecular flexibility index (Phi) is 5.28. The number of hydrogen-bond acceptors (Lipinski definition) is 3. The number of benzene rings is 1. The number of amides is 2. The van der Waals surface area contributed by atoms with Crippen LogP contribution in [0.2, 0.25) is 0 Å². The van der Waals surface area contributed by atoms with Crippen molar-refractivity contribution in [2.75, 3.05) is 18.5 Å². The first kappa shape index (κ1) is 16.0. The van der Waals surface area contributed by atoms with Gasteiger partial charge in [0.25, 0.3) is 5.91 Å². The quantitative estimate of drug-likeness (QED) is 0.877. The second-order valence-electron chi connectivity index (χ2n) is 6.36. The van der Waals surface area contributed by atoms with Crippen LogP contribution < -0.4 is 10.6 Å². The summed E-state index contributed by atoms with van der Waals surface area (Å²) in [6, 6.07) is 7.18. The SMILES string of the molecule is O=C(NC[C@@H]1CCCO1)c1ccccc1NC(=O)C1CCCC1. The second-order valence-corrected chi connectivity index (χ2v) is 6.36. The van der Waals surface area contributed by atoms with Gasteiger partial charge in [0.2, 0.25) is 5.91 Å². The molecule has 3 rings (SSSR count). The number of nitrogens with one attached hydrogen (secondary N) is 2. The van der Waals surface area contributed by atoms with E-state index in [2.05, 4.69) is 10.6 Å². The number of para-hydroxylation sites is 1. The first-order chi connectivity index (χ1) is 11.2. The lowest BCUT2D eigenvalue weighted by atomic mass is 10.1. The van der Waals surface area contributed by atoms with Crippen LogP contribution in [0.5, 0.6) is 0 Å². The molecule has 1 aromatic carbocycles. The van der Waals surface area contributed by atoms with Crippen LogP contribution in [0, 0.1) is 5.92 Å². The maximum absolute atomic E-state index is 12.4. The van der Waals surface area contributed by atoms with Crippen LogP contribution in [0.4, 0.5) is 5.69 Å². The van der Waals surface area contributed by atoms with E-state index >= 15 is 0 Å². The molecule has 2 amide bonds. The van der Waals surface area contributed by atoms with Crippen molar-refractivity contribution in [2.45, 2.75) is 44.6 Å². The third kappa shape index (κ3) is 4.10. The second kappa shape index (κ2) is 7.59. The molecule has 1 atom stereocenters. The van der Waals surface area contributed by atoms with E-state index in [4.69, 9.17) is 4.74 Å². The number of carbonyl (C=O) groups excluding carboxylic acids is 2. The van der Waals surface area contributed by atoms with Gasteiger partial charge >= 0.3 is 0 Å². The van der Waals surface area contributed by atoms with Crippen molar-refractivity contribution in [1.29, 1.82) is 0 Å². The zero-order valence-electron chi connectivity index (χ0n) is 13.3. The van der Waals surface area contributed by atoms with Gasteiger partial charge in [-0.05, 0) is 37.8 Å². The predicted octanol–water partition coefficient (Wildman–Crippen LogP) is 2.72. The Balaban J connectivity index is 1.62. The van der Waals surface area contributed by atoms with Gasteiger partial charge in [0, 0.05) is 19.1 Å². The van der Waals surface area contributed by atoms with Gasteiger partial charge in [0.15, 0.2) is 0 Å². The molecule has 5 heteroatoms. The highest BCUT2D eigenvalue weighted by molar-refractivity contribution is 6.04. The molecule has 1 aliphatic carbocycles. The van der Waals surface area contributed by atoms with Crippen LogP contribution in [0.25, 0.3) is 0 Å². The molecule has 1 aliphatic heterocycles. The number of rotatable bonds is 5. The van der Waals surface area contributed by atoms with Gasteiger partial charge in [-0.25, -0.2) is 0 Å². The summed E-state index contributed by atoms with van der Waals surface area (Å²) in [6.45, 7) is 1.29. The molecule has 2 N–H and O–H groups in total. The molecule has 0 aromatic heterocycles. The Bertz CT molecular complexity index is 561. The molecule has 0 unspecified atom stereocenters. The van der Waals surface area contributed by atoms with Crippen LogP contribution in [-0.4, -0.2) is 31.1 Å². The predicted molar refractivity (Wildman–Crippen MR) is 88.3 cm³/mol. The van der Waals surface area contributed by atoms with E-state index in [1.54, 1.807) is 12.1 Å². The summed E-state index contributed by atoms with van der Waals surface area (Å²) in [5, 5.41) is 5.84. The van der Waals surface area contributed by atoms with E-state index in [1.807, 2.05) is 12.1 Å². The van der Waals surface area contributed by atoms with Gasteiger partial charge in [-0.2, -0.15) is 0 Å². The van der Waals surface area contributed by atoms with E-state index < -0.39 is 0 Å². The molecule has 2 aliphatic rings. The number of hydrogen-bond donors (Lipinski definition) is 2. The van der Waals surface area contributed by atoms with Crippen LogP contribution in [0.1, 0.15) is 48.9 Å². The van der Waals surface area contributed by atoms with E-state index in [-0.39, 0.29) is 23.8 Å². The molecule has 0 bridgehead atoms. The minimum absolute atomic E-state index is 0.0295. The maximum Gasteiger partial charge on any atom is 0.253 e. The lowest BCUT2D eigenvalue weighted by Gasteiger charge is -2.15. The smallest absolute Gasteiger partial charge is 0.253 e. The zero-order chi connectivity index (χ0) is 16.1. The molecule has 2 fully saturated rings. The zero-order valence-corrected chi connectivity index (χ0v) is 13.3. The summed E-state index contributed by atoms with van der Waals surface area (Å²) in [5.74, 6) is -0.0531. The lowest BCUT2D eigenvalue weighted by molar-refractivity contribution is -0.119. The van der Waals surface area contributed by atoms with Gasteiger partial charge in [-0.3, -0.25) is 9.59 Å². The summed E-state index contributed by atoms with van der Waals surface area (Å²) in [5.41, 5.74) is 1.10. The Morgan fingerprint density at radius 1 is 1.09 bits per heavy atom. The molecular formula is C18H24N2O3. The van der Waals surface area contributed by atoms with Gasteiger partial charge in [-0.15, -0.1) is 0 Å². The van der Waals surface area contributed by atoms with Crippen molar-refractivity contribution in [3.8, 4) is 0 Å². The minimum Gasteiger partial charge on any atom is -0.376 e. The molecule has 1 saturated carbocycles. The highest BCUT2D eigenvalue weighted by Crippen LogP contribution is 2.26. The standard InChI is InChI=1S/C18H24N2O3/c21-17(13-6-1-2-7-13)20-16-10-4-3-9-15(16)18(22)19-12-14-8-5-11-23-14/h3-4,9-10,13-14H,1-2,5-8,11-12H2,(H,19,22)(H,20,21)/t14-/m0/s1. The average molecular weight is 316 g/mol. The van der Waals surface area contributed by atoms with Gasteiger partial charge in [0.05, 0.1) is 17.4 Å². The maximum atomic E-state index is 12.4. The molecule has 1 aromatic rings. The van der Waals surface area contributed by atoms with E-state index in [0.29, 0.717) is 17.8 Å². The summed E-state index contributed by atoms with van der Waals surface area (Å²) in [6.07, 6.45) is 6.26. The van der Waals surface area contributed by atoms with Crippen molar-refractivity contribution >= 4 is 17.5 Å². The van der Waals surface area contributed by atoms with Crippen molar-refractivity contribution in [3.63, 3.8) is 0 Å². The lowest BCUT2D eigenvalue weighted by Crippen LogP contribution is -2.32. The van der Waals surface area contributed by atoms with Crippen molar-refractivity contribution in [1.82, 2.24) is 5.32 Å². The van der Waals surface area contributed by atoms with Crippen LogP contribution >= 0.6 is 0 Å². The monoisotopic (exact) mass is 316 g/mol. The first-order valence-electron chi connectivity index (χ1n) is 8.54. The number of anilines is 1. The number of carbonyl (C=O) groups is 2. The fraction of sp³-hybridized carbons (Fsp3) is 0.556. The third-order valence-electron chi connectivity index (χ3n) is 4.67. The molecule has 124 valence electrons. The fourth-order valence-corrected chi connectivity index (χ4v) is 3.32. The van der Waals surface area contributed by atoms with E-state index in [9.17, 15) is 9.59 Å². The Hall–Kier alpha value is -1.88.